The van der Waals surface area contributed by atoms with Crippen molar-refractivity contribution in [2.75, 3.05) is 11.9 Å². The van der Waals surface area contributed by atoms with Crippen LogP contribution in [0.4, 0.5) is 5.69 Å². The Morgan fingerprint density at radius 2 is 2.07 bits per heavy atom. The van der Waals surface area contributed by atoms with Gasteiger partial charge in [0.25, 0.3) is 0 Å². The third-order valence-electron chi connectivity index (χ3n) is 5.85. The fourth-order valence-electron chi connectivity index (χ4n) is 4.39. The van der Waals surface area contributed by atoms with Gasteiger partial charge in [0.15, 0.2) is 0 Å². The smallest absolute Gasteiger partial charge is 0.232 e. The number of amides is 2. The Hall–Kier alpha value is -2.79. The van der Waals surface area contributed by atoms with Crippen LogP contribution in [-0.2, 0) is 22.6 Å². The van der Waals surface area contributed by atoms with Crippen molar-refractivity contribution in [2.45, 2.75) is 31.7 Å². The van der Waals surface area contributed by atoms with Crippen molar-refractivity contribution >= 4 is 40.0 Å². The molecule has 1 aromatic heterocycles. The summed E-state index contributed by atoms with van der Waals surface area (Å²) < 4.78 is 0. The second kappa shape index (κ2) is 6.67. The van der Waals surface area contributed by atoms with Crippen molar-refractivity contribution in [2.24, 2.45) is 0 Å². The zero-order valence-corrected chi connectivity index (χ0v) is 16.1. The highest BCUT2D eigenvalue weighted by Crippen LogP contribution is 2.35. The van der Waals surface area contributed by atoms with Crippen molar-refractivity contribution in [1.82, 2.24) is 9.88 Å². The minimum atomic E-state index is -0.243. The number of aromatic nitrogens is 1. The van der Waals surface area contributed by atoms with Gasteiger partial charge in [0.1, 0.15) is 0 Å². The molecule has 2 aromatic carbocycles. The van der Waals surface area contributed by atoms with Gasteiger partial charge in [-0.15, -0.1) is 0 Å². The number of benzene rings is 2. The van der Waals surface area contributed by atoms with Crippen LogP contribution < -0.4 is 5.32 Å². The highest BCUT2D eigenvalue weighted by Gasteiger charge is 2.31. The predicted octanol–water partition coefficient (Wildman–Crippen LogP) is 4.22. The standard InChI is InChI=1S/C22H20ClN3O2/c23-13-5-7-19-16(11-13)17-12-26(10-9-20(17)24-19)21(27)8-6-15-14-3-1-2-4-18(14)25-22(15)28/h1-5,7,11,15,24H,6,8-10,12H2,(H,25,28)/t15-/m1/s1. The van der Waals surface area contributed by atoms with Crippen LogP contribution in [0.15, 0.2) is 42.5 Å². The van der Waals surface area contributed by atoms with E-state index in [0.29, 0.717) is 31.0 Å². The Balaban J connectivity index is 1.30. The molecule has 0 spiro atoms. The molecule has 28 heavy (non-hydrogen) atoms. The van der Waals surface area contributed by atoms with E-state index in [-0.39, 0.29) is 17.7 Å². The Bertz CT molecular complexity index is 1100. The second-order valence-electron chi connectivity index (χ2n) is 7.51. The fraction of sp³-hybridized carbons (Fsp3) is 0.273. The van der Waals surface area contributed by atoms with Crippen molar-refractivity contribution in [3.05, 3.63) is 64.3 Å². The highest BCUT2D eigenvalue weighted by molar-refractivity contribution is 6.31. The first-order valence-electron chi connectivity index (χ1n) is 9.56. The molecular formula is C22H20ClN3O2. The van der Waals surface area contributed by atoms with Crippen LogP contribution in [0.2, 0.25) is 5.02 Å². The van der Waals surface area contributed by atoms with E-state index in [1.165, 1.54) is 5.69 Å². The lowest BCUT2D eigenvalue weighted by Gasteiger charge is -2.27. The Labute approximate surface area is 167 Å². The van der Waals surface area contributed by atoms with Gasteiger partial charge >= 0.3 is 0 Å². The van der Waals surface area contributed by atoms with Crippen molar-refractivity contribution in [3.8, 4) is 0 Å². The number of rotatable bonds is 3. The third-order valence-corrected chi connectivity index (χ3v) is 6.08. The number of para-hydroxylation sites is 1. The van der Waals surface area contributed by atoms with E-state index in [9.17, 15) is 9.59 Å². The van der Waals surface area contributed by atoms with Crippen LogP contribution in [0, 0.1) is 0 Å². The molecule has 2 aliphatic rings. The number of anilines is 1. The average molecular weight is 394 g/mol. The lowest BCUT2D eigenvalue weighted by molar-refractivity contribution is -0.132. The average Bonchev–Trinajstić information content (AvgIpc) is 3.22. The molecule has 0 saturated heterocycles. The number of halogens is 1. The molecule has 0 fully saturated rings. The molecule has 5 rings (SSSR count). The first-order chi connectivity index (χ1) is 13.6. The van der Waals surface area contributed by atoms with Crippen LogP contribution in [-0.4, -0.2) is 28.2 Å². The molecule has 6 heteroatoms. The van der Waals surface area contributed by atoms with E-state index in [1.54, 1.807) is 0 Å². The number of hydrogen-bond acceptors (Lipinski definition) is 2. The van der Waals surface area contributed by atoms with Crippen molar-refractivity contribution in [1.29, 1.82) is 0 Å². The summed E-state index contributed by atoms with van der Waals surface area (Å²) in [6, 6.07) is 13.5. The maximum absolute atomic E-state index is 12.9. The number of nitrogens with one attached hydrogen (secondary N) is 2. The van der Waals surface area contributed by atoms with Gasteiger partial charge in [0.2, 0.25) is 11.8 Å². The molecule has 3 aromatic rings. The monoisotopic (exact) mass is 393 g/mol. The molecular weight excluding hydrogens is 374 g/mol. The Kier molecular flexibility index (Phi) is 4.13. The molecule has 3 heterocycles. The summed E-state index contributed by atoms with van der Waals surface area (Å²) in [4.78, 5) is 30.5. The van der Waals surface area contributed by atoms with E-state index in [0.717, 1.165) is 34.1 Å². The molecule has 0 saturated carbocycles. The van der Waals surface area contributed by atoms with Gasteiger partial charge in [-0.05, 0) is 36.2 Å². The van der Waals surface area contributed by atoms with Gasteiger partial charge in [-0.3, -0.25) is 9.59 Å². The van der Waals surface area contributed by atoms with E-state index < -0.39 is 0 Å². The molecule has 2 aliphatic heterocycles. The number of fused-ring (bicyclic) bond motifs is 4. The SMILES string of the molecule is O=C1Nc2ccccc2[C@H]1CCC(=O)N1CCc2[nH]c3ccc(Cl)cc3c2C1. The summed E-state index contributed by atoms with van der Waals surface area (Å²) in [5, 5.41) is 4.69. The summed E-state index contributed by atoms with van der Waals surface area (Å²) in [5.74, 6) is -0.159. The number of carbonyl (C=O) groups excluding carboxylic acids is 2. The van der Waals surface area contributed by atoms with Crippen molar-refractivity contribution in [3.63, 3.8) is 0 Å². The number of nitrogens with zero attached hydrogens (tertiary/aromatic N) is 1. The Morgan fingerprint density at radius 1 is 1.21 bits per heavy atom. The maximum Gasteiger partial charge on any atom is 0.232 e. The molecule has 142 valence electrons. The quantitative estimate of drug-likeness (QED) is 0.699. The summed E-state index contributed by atoms with van der Waals surface area (Å²) in [6.45, 7) is 1.28. The first kappa shape index (κ1) is 17.3. The summed E-state index contributed by atoms with van der Waals surface area (Å²) in [7, 11) is 0. The first-order valence-corrected chi connectivity index (χ1v) is 9.94. The van der Waals surface area contributed by atoms with Crippen LogP contribution in [0.3, 0.4) is 0 Å². The number of aromatic amines is 1. The molecule has 0 bridgehead atoms. The van der Waals surface area contributed by atoms with Gasteiger partial charge in [0, 0.05) is 58.8 Å². The molecule has 1 atom stereocenters. The topological polar surface area (TPSA) is 65.2 Å². The second-order valence-corrected chi connectivity index (χ2v) is 7.94. The van der Waals surface area contributed by atoms with E-state index in [1.807, 2.05) is 47.4 Å². The number of hydrogen-bond donors (Lipinski definition) is 2. The van der Waals surface area contributed by atoms with E-state index >= 15 is 0 Å². The van der Waals surface area contributed by atoms with Gasteiger partial charge in [-0.1, -0.05) is 29.8 Å². The zero-order valence-electron chi connectivity index (χ0n) is 15.3. The van der Waals surface area contributed by atoms with Gasteiger partial charge in [-0.2, -0.15) is 0 Å². The van der Waals surface area contributed by atoms with Gasteiger partial charge in [-0.25, -0.2) is 0 Å². The molecule has 0 aliphatic carbocycles. The fourth-order valence-corrected chi connectivity index (χ4v) is 4.56. The van der Waals surface area contributed by atoms with Gasteiger partial charge < -0.3 is 15.2 Å². The molecule has 0 radical (unpaired) electrons. The largest absolute Gasteiger partial charge is 0.358 e. The number of carbonyl (C=O) groups is 2. The molecule has 5 nitrogen and oxygen atoms in total. The lowest BCUT2D eigenvalue weighted by atomic mass is 9.95. The van der Waals surface area contributed by atoms with Gasteiger partial charge in [0.05, 0.1) is 5.92 Å². The zero-order chi connectivity index (χ0) is 19.3. The summed E-state index contributed by atoms with van der Waals surface area (Å²) in [5.41, 5.74) is 5.25. The molecule has 0 unspecified atom stereocenters. The minimum Gasteiger partial charge on any atom is -0.358 e. The minimum absolute atomic E-state index is 0.0128. The Morgan fingerprint density at radius 3 is 2.96 bits per heavy atom. The van der Waals surface area contributed by atoms with Crippen LogP contribution in [0.1, 0.15) is 35.6 Å². The maximum atomic E-state index is 12.9. The van der Waals surface area contributed by atoms with Crippen LogP contribution in [0.5, 0.6) is 0 Å². The number of H-pyrrole nitrogens is 1. The third kappa shape index (κ3) is 2.87. The summed E-state index contributed by atoms with van der Waals surface area (Å²) >= 11 is 6.16. The normalized spacial score (nSPS) is 18.1. The highest BCUT2D eigenvalue weighted by atomic mass is 35.5. The van der Waals surface area contributed by atoms with Crippen molar-refractivity contribution < 1.29 is 9.59 Å². The van der Waals surface area contributed by atoms with Crippen LogP contribution >= 0.6 is 11.6 Å². The molecule has 2 amide bonds. The lowest BCUT2D eigenvalue weighted by Crippen LogP contribution is -2.36. The molecule has 2 N–H and O–H groups in total. The summed E-state index contributed by atoms with van der Waals surface area (Å²) in [6.07, 6.45) is 1.70. The van der Waals surface area contributed by atoms with E-state index in [2.05, 4.69) is 10.3 Å². The van der Waals surface area contributed by atoms with E-state index in [4.69, 9.17) is 11.6 Å². The predicted molar refractivity (Wildman–Crippen MR) is 109 cm³/mol. The van der Waals surface area contributed by atoms with Crippen LogP contribution in [0.25, 0.3) is 10.9 Å².